The van der Waals surface area contributed by atoms with Crippen LogP contribution in [0.4, 0.5) is 0 Å². The third kappa shape index (κ3) is 3.16. The lowest BCUT2D eigenvalue weighted by Crippen LogP contribution is -2.47. The van der Waals surface area contributed by atoms with Gasteiger partial charge in [0.2, 0.25) is 0 Å². The van der Waals surface area contributed by atoms with Crippen molar-refractivity contribution in [3.63, 3.8) is 0 Å². The van der Waals surface area contributed by atoms with Crippen LogP contribution < -0.4 is 0 Å². The molecule has 1 aromatic rings. The number of hydrogen-bond donors (Lipinski definition) is 1. The quantitative estimate of drug-likeness (QED) is 0.906. The van der Waals surface area contributed by atoms with Gasteiger partial charge >= 0.3 is 5.97 Å². The van der Waals surface area contributed by atoms with E-state index in [0.29, 0.717) is 18.3 Å². The molecule has 1 heterocycles. The smallest absolute Gasteiger partial charge is 0.320 e. The Labute approximate surface area is 115 Å². The molecule has 0 unspecified atom stereocenters. The fourth-order valence-corrected chi connectivity index (χ4v) is 3.25. The summed E-state index contributed by atoms with van der Waals surface area (Å²) in [6.45, 7) is 5.95. The number of nitrogens with zero attached hydrogens (tertiary/aromatic N) is 1. The first-order valence-electron chi connectivity index (χ1n) is 7.15. The average Bonchev–Trinajstić information content (AvgIpc) is 2.40. The molecule has 1 aromatic carbocycles. The van der Waals surface area contributed by atoms with Crippen molar-refractivity contribution in [3.8, 4) is 0 Å². The lowest BCUT2D eigenvalue weighted by Gasteiger charge is -2.39. The molecule has 0 amide bonds. The lowest BCUT2D eigenvalue weighted by molar-refractivity contribution is -0.144. The molecule has 0 spiro atoms. The SMILES string of the molecule is CC[C@H](C(=O)O)N1CC[C@H](c2ccccc2)[C@H](C)C1. The molecule has 19 heavy (non-hydrogen) atoms. The highest BCUT2D eigenvalue weighted by molar-refractivity contribution is 5.73. The number of aliphatic carboxylic acids is 1. The van der Waals surface area contributed by atoms with Crippen LogP contribution in [0.15, 0.2) is 30.3 Å². The second kappa shape index (κ2) is 6.20. The Hall–Kier alpha value is -1.35. The van der Waals surface area contributed by atoms with Gasteiger partial charge in [-0.1, -0.05) is 44.2 Å². The maximum atomic E-state index is 11.2. The molecule has 104 valence electrons. The molecule has 0 aromatic heterocycles. The van der Waals surface area contributed by atoms with Crippen LogP contribution in [0.25, 0.3) is 0 Å². The van der Waals surface area contributed by atoms with E-state index in [9.17, 15) is 9.90 Å². The fraction of sp³-hybridized carbons (Fsp3) is 0.562. The number of likely N-dealkylation sites (tertiary alicyclic amines) is 1. The first kappa shape index (κ1) is 14.1. The summed E-state index contributed by atoms with van der Waals surface area (Å²) >= 11 is 0. The van der Waals surface area contributed by atoms with Gasteiger partial charge in [-0.25, -0.2) is 0 Å². The van der Waals surface area contributed by atoms with Crippen molar-refractivity contribution >= 4 is 5.97 Å². The van der Waals surface area contributed by atoms with Gasteiger partial charge in [0.25, 0.3) is 0 Å². The van der Waals surface area contributed by atoms with Crippen LogP contribution in [0.5, 0.6) is 0 Å². The predicted molar refractivity (Wildman–Crippen MR) is 76.3 cm³/mol. The number of carboxylic acids is 1. The molecule has 1 aliphatic rings. The summed E-state index contributed by atoms with van der Waals surface area (Å²) in [6, 6.07) is 10.3. The normalized spacial score (nSPS) is 26.0. The van der Waals surface area contributed by atoms with Gasteiger partial charge in [-0.2, -0.15) is 0 Å². The maximum absolute atomic E-state index is 11.2. The van der Waals surface area contributed by atoms with Gasteiger partial charge < -0.3 is 5.11 Å². The molecule has 3 atom stereocenters. The molecule has 3 heteroatoms. The summed E-state index contributed by atoms with van der Waals surface area (Å²) in [5.74, 6) is 0.376. The Kier molecular flexibility index (Phi) is 4.59. The van der Waals surface area contributed by atoms with Crippen LogP contribution in [0, 0.1) is 5.92 Å². The van der Waals surface area contributed by atoms with Crippen LogP contribution in [-0.4, -0.2) is 35.1 Å². The van der Waals surface area contributed by atoms with Gasteiger partial charge in [0.1, 0.15) is 6.04 Å². The minimum atomic E-state index is -0.687. The molecule has 2 rings (SSSR count). The highest BCUT2D eigenvalue weighted by Crippen LogP contribution is 2.33. The van der Waals surface area contributed by atoms with Crippen molar-refractivity contribution in [3.05, 3.63) is 35.9 Å². The minimum absolute atomic E-state index is 0.320. The summed E-state index contributed by atoms with van der Waals surface area (Å²) in [5.41, 5.74) is 1.39. The van der Waals surface area contributed by atoms with Gasteiger partial charge in [0.15, 0.2) is 0 Å². The fourth-order valence-electron chi connectivity index (χ4n) is 3.25. The van der Waals surface area contributed by atoms with Crippen LogP contribution in [0.3, 0.4) is 0 Å². The summed E-state index contributed by atoms with van der Waals surface area (Å²) < 4.78 is 0. The zero-order valence-electron chi connectivity index (χ0n) is 11.7. The molecule has 1 fully saturated rings. The minimum Gasteiger partial charge on any atom is -0.480 e. The lowest BCUT2D eigenvalue weighted by atomic mass is 9.81. The molecule has 1 aliphatic heterocycles. The van der Waals surface area contributed by atoms with Crippen molar-refractivity contribution in [1.82, 2.24) is 4.90 Å². The Morgan fingerprint density at radius 1 is 1.42 bits per heavy atom. The number of carboxylic acid groups (broad SMARTS) is 1. The maximum Gasteiger partial charge on any atom is 0.320 e. The Morgan fingerprint density at radius 2 is 2.11 bits per heavy atom. The molecule has 1 saturated heterocycles. The summed E-state index contributed by atoms with van der Waals surface area (Å²) in [6.07, 6.45) is 1.73. The highest BCUT2D eigenvalue weighted by atomic mass is 16.4. The van der Waals surface area contributed by atoms with Crippen molar-refractivity contribution in [2.45, 2.75) is 38.6 Å². The highest BCUT2D eigenvalue weighted by Gasteiger charge is 2.32. The van der Waals surface area contributed by atoms with Gasteiger partial charge in [-0.3, -0.25) is 9.69 Å². The van der Waals surface area contributed by atoms with E-state index in [0.717, 1.165) is 19.5 Å². The molecule has 3 nitrogen and oxygen atoms in total. The molecular weight excluding hydrogens is 238 g/mol. The molecule has 0 bridgehead atoms. The molecular formula is C16H23NO2. The van der Waals surface area contributed by atoms with Crippen molar-refractivity contribution in [2.75, 3.05) is 13.1 Å². The molecule has 0 radical (unpaired) electrons. The number of rotatable bonds is 4. The van der Waals surface area contributed by atoms with Crippen molar-refractivity contribution in [2.24, 2.45) is 5.92 Å². The molecule has 0 saturated carbocycles. The standard InChI is InChI=1S/C16H23NO2/c1-3-15(16(18)19)17-10-9-14(12(2)11-17)13-7-5-4-6-8-13/h4-8,12,14-15H,3,9-11H2,1-2H3,(H,18,19)/t12-,14+,15-/m1/s1. The zero-order chi connectivity index (χ0) is 13.8. The van der Waals surface area contributed by atoms with E-state index in [2.05, 4.69) is 36.1 Å². The van der Waals surface area contributed by atoms with E-state index in [4.69, 9.17) is 0 Å². The average molecular weight is 261 g/mol. The number of hydrogen-bond acceptors (Lipinski definition) is 2. The van der Waals surface area contributed by atoms with Gasteiger partial charge in [0, 0.05) is 6.54 Å². The van der Waals surface area contributed by atoms with Gasteiger partial charge in [0.05, 0.1) is 0 Å². The predicted octanol–water partition coefficient (Wildman–Crippen LogP) is 2.98. The topological polar surface area (TPSA) is 40.5 Å². The summed E-state index contributed by atoms with van der Waals surface area (Å²) in [5, 5.41) is 9.25. The molecule has 1 N–H and O–H groups in total. The summed E-state index contributed by atoms with van der Waals surface area (Å²) in [7, 11) is 0. The second-order valence-corrected chi connectivity index (χ2v) is 5.54. The van der Waals surface area contributed by atoms with Crippen molar-refractivity contribution < 1.29 is 9.90 Å². The number of carbonyl (C=O) groups is 1. The van der Waals surface area contributed by atoms with Gasteiger partial charge in [-0.15, -0.1) is 0 Å². The van der Waals surface area contributed by atoms with E-state index in [1.54, 1.807) is 0 Å². The largest absolute Gasteiger partial charge is 0.480 e. The van der Waals surface area contributed by atoms with E-state index in [-0.39, 0.29) is 6.04 Å². The first-order chi connectivity index (χ1) is 9.13. The first-order valence-corrected chi connectivity index (χ1v) is 7.15. The Morgan fingerprint density at radius 3 is 2.63 bits per heavy atom. The Bertz CT molecular complexity index is 418. The van der Waals surface area contributed by atoms with Crippen LogP contribution in [0.1, 0.15) is 38.2 Å². The monoisotopic (exact) mass is 261 g/mol. The van der Waals surface area contributed by atoms with Crippen LogP contribution in [-0.2, 0) is 4.79 Å². The van der Waals surface area contributed by atoms with Crippen molar-refractivity contribution in [1.29, 1.82) is 0 Å². The number of benzene rings is 1. The number of piperidine rings is 1. The third-order valence-electron chi connectivity index (χ3n) is 4.28. The zero-order valence-corrected chi connectivity index (χ0v) is 11.7. The van der Waals surface area contributed by atoms with E-state index >= 15 is 0 Å². The van der Waals surface area contributed by atoms with E-state index in [1.165, 1.54) is 5.56 Å². The van der Waals surface area contributed by atoms with Crippen LogP contribution in [0.2, 0.25) is 0 Å². The third-order valence-corrected chi connectivity index (χ3v) is 4.28. The molecule has 0 aliphatic carbocycles. The summed E-state index contributed by atoms with van der Waals surface area (Å²) in [4.78, 5) is 13.4. The van der Waals surface area contributed by atoms with E-state index < -0.39 is 5.97 Å². The van der Waals surface area contributed by atoms with Crippen LogP contribution >= 0.6 is 0 Å². The Balaban J connectivity index is 2.04. The van der Waals surface area contributed by atoms with Gasteiger partial charge in [-0.05, 0) is 36.8 Å². The second-order valence-electron chi connectivity index (χ2n) is 5.54. The van der Waals surface area contributed by atoms with E-state index in [1.807, 2.05) is 13.0 Å².